The first-order valence-electron chi connectivity index (χ1n) is 2.08. The van der Waals surface area contributed by atoms with Gasteiger partial charge in [0.25, 0.3) is 5.24 Å². The molecule has 0 aromatic rings. The molecule has 0 N–H and O–H groups in total. The highest BCUT2D eigenvalue weighted by atomic mass is 35.5. The van der Waals surface area contributed by atoms with Gasteiger partial charge >= 0.3 is 0 Å². The van der Waals surface area contributed by atoms with Gasteiger partial charge in [-0.2, -0.15) is 0 Å². The highest BCUT2D eigenvalue weighted by Crippen LogP contribution is 2.01. The largest absolute Gasteiger partial charge is 0.278 e. The van der Waals surface area contributed by atoms with Gasteiger partial charge in [0.15, 0.2) is 6.17 Å². The lowest BCUT2D eigenvalue weighted by molar-refractivity contribution is -0.116. The van der Waals surface area contributed by atoms with E-state index in [0.717, 1.165) is 0 Å². The van der Waals surface area contributed by atoms with E-state index in [1.165, 1.54) is 0 Å². The summed E-state index contributed by atoms with van der Waals surface area (Å²) in [6.45, 7) is -0.848. The molecular formula is C4H5ClF2O. The van der Waals surface area contributed by atoms with Gasteiger partial charge in [-0.1, -0.05) is 0 Å². The van der Waals surface area contributed by atoms with Crippen molar-refractivity contribution in [1.29, 1.82) is 0 Å². The highest BCUT2D eigenvalue weighted by molar-refractivity contribution is 6.64. The summed E-state index contributed by atoms with van der Waals surface area (Å²) in [5.74, 6) is 0. The van der Waals surface area contributed by atoms with Crippen LogP contribution < -0.4 is 0 Å². The summed E-state index contributed by atoms with van der Waals surface area (Å²) in [4.78, 5) is 9.76. The lowest BCUT2D eigenvalue weighted by Gasteiger charge is -1.94. The predicted molar refractivity (Wildman–Crippen MR) is 26.3 cm³/mol. The molecule has 48 valence electrons. The Balaban J connectivity index is 3.32. The summed E-state index contributed by atoms with van der Waals surface area (Å²) in [6, 6.07) is 0. The van der Waals surface area contributed by atoms with E-state index in [1.54, 1.807) is 0 Å². The van der Waals surface area contributed by atoms with Crippen molar-refractivity contribution in [2.24, 2.45) is 0 Å². The average Bonchev–Trinajstić information content (AvgIpc) is 1.67. The van der Waals surface area contributed by atoms with Crippen LogP contribution in [0.2, 0.25) is 0 Å². The molecule has 0 bridgehead atoms. The molecule has 4 heteroatoms. The zero-order valence-electron chi connectivity index (χ0n) is 4.03. The SMILES string of the molecule is O=C(Cl)C(F)CCF. The molecule has 0 aromatic carbocycles. The van der Waals surface area contributed by atoms with Crippen LogP contribution in [0.3, 0.4) is 0 Å². The molecule has 8 heavy (non-hydrogen) atoms. The number of hydrogen-bond donors (Lipinski definition) is 0. The normalized spacial score (nSPS) is 13.4. The van der Waals surface area contributed by atoms with E-state index < -0.39 is 24.5 Å². The van der Waals surface area contributed by atoms with Gasteiger partial charge < -0.3 is 0 Å². The predicted octanol–water partition coefficient (Wildman–Crippen LogP) is 1.45. The minimum absolute atomic E-state index is 0.428. The Morgan fingerprint density at radius 2 is 2.25 bits per heavy atom. The van der Waals surface area contributed by atoms with Crippen LogP contribution in [0.15, 0.2) is 0 Å². The van der Waals surface area contributed by atoms with Crippen molar-refractivity contribution in [2.45, 2.75) is 12.6 Å². The Hall–Kier alpha value is -0.180. The Morgan fingerprint density at radius 1 is 1.75 bits per heavy atom. The second kappa shape index (κ2) is 3.78. The van der Waals surface area contributed by atoms with E-state index in [4.69, 9.17) is 0 Å². The monoisotopic (exact) mass is 142 g/mol. The average molecular weight is 143 g/mol. The van der Waals surface area contributed by atoms with E-state index in [9.17, 15) is 13.6 Å². The molecule has 1 nitrogen and oxygen atoms in total. The first kappa shape index (κ1) is 7.82. The van der Waals surface area contributed by atoms with E-state index in [-0.39, 0.29) is 0 Å². The van der Waals surface area contributed by atoms with Crippen molar-refractivity contribution in [2.75, 3.05) is 6.67 Å². The molecule has 0 aliphatic heterocycles. The summed E-state index contributed by atoms with van der Waals surface area (Å²) in [5.41, 5.74) is 0. The van der Waals surface area contributed by atoms with Gasteiger partial charge in [0, 0.05) is 6.42 Å². The zero-order valence-corrected chi connectivity index (χ0v) is 4.79. The third-order valence-corrected chi connectivity index (χ3v) is 0.846. The van der Waals surface area contributed by atoms with E-state index >= 15 is 0 Å². The summed E-state index contributed by atoms with van der Waals surface area (Å²) >= 11 is 4.63. The fourth-order valence-corrected chi connectivity index (χ4v) is 0.318. The van der Waals surface area contributed by atoms with Crippen LogP contribution in [0.5, 0.6) is 0 Å². The maximum atomic E-state index is 11.8. The van der Waals surface area contributed by atoms with Gasteiger partial charge in [0.2, 0.25) is 0 Å². The molecule has 0 spiro atoms. The fourth-order valence-electron chi connectivity index (χ4n) is 0.209. The molecule has 1 unspecified atom stereocenters. The molecule has 0 aliphatic carbocycles. The maximum absolute atomic E-state index is 11.8. The maximum Gasteiger partial charge on any atom is 0.255 e. The van der Waals surface area contributed by atoms with Gasteiger partial charge in [-0.15, -0.1) is 0 Å². The van der Waals surface area contributed by atoms with Crippen LogP contribution in [0.1, 0.15) is 6.42 Å². The van der Waals surface area contributed by atoms with Crippen LogP contribution in [0, 0.1) is 0 Å². The lowest BCUT2D eigenvalue weighted by atomic mass is 10.3. The summed E-state index contributed by atoms with van der Waals surface area (Å²) < 4.78 is 23.0. The van der Waals surface area contributed by atoms with Crippen molar-refractivity contribution in [3.05, 3.63) is 0 Å². The number of alkyl halides is 2. The van der Waals surface area contributed by atoms with Crippen LogP contribution in [0.25, 0.3) is 0 Å². The Bertz CT molecular complexity index is 86.1. The van der Waals surface area contributed by atoms with Gasteiger partial charge in [-0.25, -0.2) is 4.39 Å². The number of rotatable bonds is 3. The van der Waals surface area contributed by atoms with E-state index in [0.29, 0.717) is 0 Å². The van der Waals surface area contributed by atoms with Crippen LogP contribution >= 0.6 is 11.6 Å². The molecular weight excluding hydrogens is 137 g/mol. The second-order valence-corrected chi connectivity index (χ2v) is 1.62. The topological polar surface area (TPSA) is 17.1 Å². The summed E-state index contributed by atoms with van der Waals surface area (Å²) in [5, 5.41) is -1.12. The third kappa shape index (κ3) is 2.91. The smallest absolute Gasteiger partial charge is 0.255 e. The van der Waals surface area contributed by atoms with Crippen LogP contribution in [0.4, 0.5) is 8.78 Å². The van der Waals surface area contributed by atoms with E-state index in [2.05, 4.69) is 11.6 Å². The van der Waals surface area contributed by atoms with Gasteiger partial charge in [-0.3, -0.25) is 9.18 Å². The Kier molecular flexibility index (Phi) is 3.69. The zero-order chi connectivity index (χ0) is 6.57. The number of hydrogen-bond acceptors (Lipinski definition) is 1. The first-order chi connectivity index (χ1) is 3.68. The molecule has 0 heterocycles. The standard InChI is InChI=1S/C4H5ClF2O/c5-4(8)3(7)1-2-6/h3H,1-2H2. The van der Waals surface area contributed by atoms with Crippen molar-refractivity contribution in [3.63, 3.8) is 0 Å². The summed E-state index contributed by atoms with van der Waals surface area (Å²) in [6.07, 6.45) is -2.26. The number of halogens is 3. The Labute approximate surface area is 50.6 Å². The quantitative estimate of drug-likeness (QED) is 0.545. The highest BCUT2D eigenvalue weighted by Gasteiger charge is 2.12. The fraction of sp³-hybridized carbons (Fsp3) is 0.750. The number of carbonyl (C=O) groups is 1. The molecule has 0 amide bonds. The Morgan fingerprint density at radius 3 is 2.38 bits per heavy atom. The number of carbonyl (C=O) groups excluding carboxylic acids is 1. The summed E-state index contributed by atoms with van der Waals surface area (Å²) in [7, 11) is 0. The van der Waals surface area contributed by atoms with Crippen molar-refractivity contribution in [1.82, 2.24) is 0 Å². The molecule has 1 atom stereocenters. The molecule has 0 saturated heterocycles. The van der Waals surface area contributed by atoms with Crippen LogP contribution in [-0.2, 0) is 4.79 Å². The first-order valence-corrected chi connectivity index (χ1v) is 2.45. The molecule has 0 aromatic heterocycles. The van der Waals surface area contributed by atoms with Crippen LogP contribution in [-0.4, -0.2) is 18.1 Å². The minimum Gasteiger partial charge on any atom is -0.278 e. The lowest BCUT2D eigenvalue weighted by Crippen LogP contribution is -2.09. The van der Waals surface area contributed by atoms with Gasteiger partial charge in [0.1, 0.15) is 0 Å². The van der Waals surface area contributed by atoms with Crippen molar-refractivity contribution < 1.29 is 13.6 Å². The van der Waals surface area contributed by atoms with E-state index in [1.807, 2.05) is 0 Å². The molecule has 0 fully saturated rings. The molecule has 0 aliphatic rings. The minimum atomic E-state index is -1.83. The van der Waals surface area contributed by atoms with Gasteiger partial charge in [-0.05, 0) is 11.6 Å². The third-order valence-electron chi connectivity index (χ3n) is 0.609. The molecule has 0 radical (unpaired) electrons. The van der Waals surface area contributed by atoms with Crippen molar-refractivity contribution in [3.8, 4) is 0 Å². The second-order valence-electron chi connectivity index (χ2n) is 1.25. The molecule has 0 saturated carbocycles. The molecule has 0 rings (SSSR count). The van der Waals surface area contributed by atoms with Gasteiger partial charge in [0.05, 0.1) is 6.67 Å². The van der Waals surface area contributed by atoms with Crippen molar-refractivity contribution >= 4 is 16.8 Å².